The second-order valence-electron chi connectivity index (χ2n) is 5.10. The van der Waals surface area contributed by atoms with Crippen LogP contribution in [0.25, 0.3) is 0 Å². The topological polar surface area (TPSA) is 15.3 Å². The molecule has 0 bridgehead atoms. The summed E-state index contributed by atoms with van der Waals surface area (Å²) in [4.78, 5) is 2.46. The Balaban J connectivity index is 1.95. The largest absolute Gasteiger partial charge is 0.380 e. The van der Waals surface area contributed by atoms with Crippen LogP contribution >= 0.6 is 0 Å². The maximum Gasteiger partial charge on any atom is 0.0680 e. The van der Waals surface area contributed by atoms with Gasteiger partial charge < -0.3 is 10.2 Å². The monoisotopic (exact) mass is 220 g/mol. The lowest BCUT2D eigenvalue weighted by molar-refractivity contribution is 0.362. The quantitative estimate of drug-likeness (QED) is 0.740. The van der Waals surface area contributed by atoms with Crippen LogP contribution < -0.4 is 5.32 Å². The lowest BCUT2D eigenvalue weighted by Crippen LogP contribution is -2.38. The average Bonchev–Trinajstić information content (AvgIpc) is 2.98. The van der Waals surface area contributed by atoms with Gasteiger partial charge in [0.1, 0.15) is 0 Å². The molecular weight excluding hydrogens is 196 g/mol. The molecule has 0 aromatic rings. The first-order chi connectivity index (χ1) is 7.72. The molecule has 2 heteroatoms. The molecule has 0 unspecified atom stereocenters. The molecule has 2 nitrogen and oxygen atoms in total. The van der Waals surface area contributed by atoms with Crippen LogP contribution in [0.15, 0.2) is 24.6 Å². The molecule has 0 aromatic carbocycles. The summed E-state index contributed by atoms with van der Waals surface area (Å²) in [5.41, 5.74) is 2.45. The molecule has 2 rings (SSSR count). The van der Waals surface area contributed by atoms with Gasteiger partial charge in [0.25, 0.3) is 0 Å². The Hall–Kier alpha value is -0.920. The predicted octanol–water partition coefficient (Wildman–Crippen LogP) is 2.89. The third-order valence-corrected chi connectivity index (χ3v) is 3.75. The van der Waals surface area contributed by atoms with E-state index >= 15 is 0 Å². The van der Waals surface area contributed by atoms with E-state index in [0.29, 0.717) is 6.04 Å². The molecule has 0 amide bonds. The van der Waals surface area contributed by atoms with Crippen LogP contribution in [0.1, 0.15) is 39.0 Å². The maximum absolute atomic E-state index is 4.31. The highest BCUT2D eigenvalue weighted by Gasteiger charge is 2.35. The molecule has 2 fully saturated rings. The van der Waals surface area contributed by atoms with Crippen molar-refractivity contribution in [2.24, 2.45) is 5.92 Å². The molecule has 1 saturated heterocycles. The molecule has 1 heterocycles. The summed E-state index contributed by atoms with van der Waals surface area (Å²) in [6.07, 6.45) is 6.36. The van der Waals surface area contributed by atoms with E-state index in [4.69, 9.17) is 0 Å². The van der Waals surface area contributed by atoms with E-state index in [0.717, 1.165) is 18.0 Å². The Morgan fingerprint density at radius 1 is 1.31 bits per heavy atom. The van der Waals surface area contributed by atoms with Gasteiger partial charge >= 0.3 is 0 Å². The molecule has 1 N–H and O–H groups in total. The zero-order valence-electron chi connectivity index (χ0n) is 10.5. The fraction of sp³-hybridized carbons (Fsp3) is 0.714. The second kappa shape index (κ2) is 4.94. The Morgan fingerprint density at radius 2 is 1.94 bits per heavy atom. The van der Waals surface area contributed by atoms with E-state index in [1.54, 1.807) is 0 Å². The number of hydrogen-bond acceptors (Lipinski definition) is 2. The molecule has 90 valence electrons. The summed E-state index contributed by atoms with van der Waals surface area (Å²) in [6, 6.07) is 0.450. The minimum atomic E-state index is 0.450. The predicted molar refractivity (Wildman–Crippen MR) is 69.0 cm³/mol. The van der Waals surface area contributed by atoms with Crippen LogP contribution in [0.4, 0.5) is 0 Å². The first kappa shape index (κ1) is 11.6. The first-order valence-electron chi connectivity index (χ1n) is 6.60. The molecule has 2 aliphatic rings. The van der Waals surface area contributed by atoms with Gasteiger partial charge in [0.05, 0.1) is 6.04 Å². The van der Waals surface area contributed by atoms with Gasteiger partial charge in [-0.05, 0) is 38.0 Å². The van der Waals surface area contributed by atoms with Crippen LogP contribution in [0, 0.1) is 5.92 Å². The fourth-order valence-corrected chi connectivity index (χ4v) is 2.43. The van der Waals surface area contributed by atoms with Gasteiger partial charge in [0.2, 0.25) is 0 Å². The highest BCUT2D eigenvalue weighted by molar-refractivity contribution is 5.14. The lowest BCUT2D eigenvalue weighted by Gasteiger charge is -2.30. The summed E-state index contributed by atoms with van der Waals surface area (Å²) in [5, 5.41) is 3.57. The van der Waals surface area contributed by atoms with Crippen molar-refractivity contribution in [1.29, 1.82) is 0 Å². The Bertz CT molecular complexity index is 272. The zero-order chi connectivity index (χ0) is 11.5. The van der Waals surface area contributed by atoms with Crippen molar-refractivity contribution in [3.05, 3.63) is 24.6 Å². The Morgan fingerprint density at radius 3 is 2.44 bits per heavy atom. The summed E-state index contributed by atoms with van der Waals surface area (Å²) >= 11 is 0. The summed E-state index contributed by atoms with van der Waals surface area (Å²) < 4.78 is 0. The number of nitrogens with zero attached hydrogens (tertiary/aromatic N) is 1. The lowest BCUT2D eigenvalue weighted by atomic mass is 10.1. The van der Waals surface area contributed by atoms with E-state index in [1.165, 1.54) is 44.5 Å². The number of likely N-dealkylation sites (tertiary alicyclic amines) is 1. The van der Waals surface area contributed by atoms with E-state index in [9.17, 15) is 0 Å². The van der Waals surface area contributed by atoms with Crippen LogP contribution in [0.2, 0.25) is 0 Å². The number of allylic oxidation sites excluding steroid dienone is 1. The van der Waals surface area contributed by atoms with E-state index in [1.807, 2.05) is 0 Å². The van der Waals surface area contributed by atoms with Crippen molar-refractivity contribution in [2.45, 2.75) is 45.1 Å². The normalized spacial score (nSPS) is 21.9. The van der Waals surface area contributed by atoms with E-state index in [2.05, 4.69) is 30.3 Å². The van der Waals surface area contributed by atoms with Gasteiger partial charge in [-0.15, -0.1) is 0 Å². The zero-order valence-corrected chi connectivity index (χ0v) is 10.5. The third-order valence-electron chi connectivity index (χ3n) is 3.75. The average molecular weight is 220 g/mol. The van der Waals surface area contributed by atoms with Crippen molar-refractivity contribution >= 4 is 0 Å². The Labute approximate surface area is 99.4 Å². The minimum absolute atomic E-state index is 0.450. The van der Waals surface area contributed by atoms with Gasteiger partial charge in [-0.3, -0.25) is 0 Å². The molecule has 16 heavy (non-hydrogen) atoms. The van der Waals surface area contributed by atoms with Gasteiger partial charge in [-0.1, -0.05) is 20.1 Å². The van der Waals surface area contributed by atoms with Gasteiger partial charge in [-0.2, -0.15) is 0 Å². The van der Waals surface area contributed by atoms with Crippen LogP contribution in [0.5, 0.6) is 0 Å². The molecule has 1 atom stereocenters. The van der Waals surface area contributed by atoms with Crippen LogP contribution in [0.3, 0.4) is 0 Å². The molecule has 0 radical (unpaired) electrons. The number of nitrogens with one attached hydrogen (secondary N) is 1. The highest BCUT2D eigenvalue weighted by atomic mass is 15.2. The molecule has 0 spiro atoms. The van der Waals surface area contributed by atoms with Gasteiger partial charge in [-0.25, -0.2) is 0 Å². The van der Waals surface area contributed by atoms with E-state index < -0.39 is 0 Å². The van der Waals surface area contributed by atoms with Crippen molar-refractivity contribution in [1.82, 2.24) is 10.2 Å². The van der Waals surface area contributed by atoms with Crippen molar-refractivity contribution in [3.8, 4) is 0 Å². The maximum atomic E-state index is 4.31. The SMILES string of the molecule is C=C(CC)N[C@H](C(=C)N1CCCC1)C1CC1. The van der Waals surface area contributed by atoms with Crippen LogP contribution in [-0.2, 0) is 0 Å². The van der Waals surface area contributed by atoms with E-state index in [-0.39, 0.29) is 0 Å². The standard InChI is InChI=1S/C14H24N2/c1-4-11(2)15-14(13-7-8-13)12(3)16-9-5-6-10-16/h13-15H,2-10H2,1H3/t14-/m1/s1. The van der Waals surface area contributed by atoms with Crippen molar-refractivity contribution in [3.63, 3.8) is 0 Å². The molecule has 0 aromatic heterocycles. The molecular formula is C14H24N2. The van der Waals surface area contributed by atoms with Crippen molar-refractivity contribution in [2.75, 3.05) is 13.1 Å². The van der Waals surface area contributed by atoms with Gasteiger partial charge in [0.15, 0.2) is 0 Å². The summed E-state index contributed by atoms with van der Waals surface area (Å²) in [7, 11) is 0. The number of hydrogen-bond donors (Lipinski definition) is 1. The number of rotatable bonds is 6. The first-order valence-corrected chi connectivity index (χ1v) is 6.60. The minimum Gasteiger partial charge on any atom is -0.380 e. The third kappa shape index (κ3) is 2.60. The fourth-order valence-electron chi connectivity index (χ4n) is 2.43. The summed E-state index contributed by atoms with van der Waals surface area (Å²) in [5.74, 6) is 0.802. The molecule has 1 aliphatic carbocycles. The highest BCUT2D eigenvalue weighted by Crippen LogP contribution is 2.37. The summed E-state index contributed by atoms with van der Waals surface area (Å²) in [6.45, 7) is 12.9. The second-order valence-corrected chi connectivity index (χ2v) is 5.10. The Kier molecular flexibility index (Phi) is 3.57. The molecule has 1 aliphatic heterocycles. The molecule has 1 saturated carbocycles. The van der Waals surface area contributed by atoms with Crippen molar-refractivity contribution < 1.29 is 0 Å². The van der Waals surface area contributed by atoms with Crippen LogP contribution in [-0.4, -0.2) is 24.0 Å². The van der Waals surface area contributed by atoms with Gasteiger partial charge in [0, 0.05) is 24.5 Å². The smallest absolute Gasteiger partial charge is 0.0680 e.